The van der Waals surface area contributed by atoms with Gasteiger partial charge in [0.1, 0.15) is 0 Å². The van der Waals surface area contributed by atoms with E-state index in [0.717, 1.165) is 32.7 Å². The number of nitrogens with zero attached hydrogens (tertiary/aromatic N) is 1. The lowest BCUT2D eigenvalue weighted by molar-refractivity contribution is 0.161. The van der Waals surface area contributed by atoms with Gasteiger partial charge in [-0.1, -0.05) is 20.3 Å². The zero-order valence-corrected chi connectivity index (χ0v) is 10.9. The van der Waals surface area contributed by atoms with Crippen LogP contribution in [-0.4, -0.2) is 51.3 Å². The predicted octanol–water partition coefficient (Wildman–Crippen LogP) is 1.73. The highest BCUT2D eigenvalue weighted by Gasteiger charge is 2.12. The summed E-state index contributed by atoms with van der Waals surface area (Å²) in [6.45, 7) is 8.57. The predicted molar refractivity (Wildman–Crippen MR) is 66.4 cm³/mol. The highest BCUT2D eigenvalue weighted by atomic mass is 16.5. The third-order valence-corrected chi connectivity index (χ3v) is 2.73. The maximum atomic E-state index is 5.07. The second-order valence-corrected chi connectivity index (χ2v) is 4.08. The van der Waals surface area contributed by atoms with Crippen LogP contribution in [-0.2, 0) is 4.74 Å². The molecule has 3 heteroatoms. The highest BCUT2D eigenvalue weighted by molar-refractivity contribution is 4.70. The van der Waals surface area contributed by atoms with Crippen molar-refractivity contribution in [3.63, 3.8) is 0 Å². The van der Waals surface area contributed by atoms with Crippen molar-refractivity contribution < 1.29 is 4.74 Å². The Hall–Kier alpha value is -0.120. The van der Waals surface area contributed by atoms with E-state index in [2.05, 4.69) is 31.1 Å². The molecule has 1 atom stereocenters. The van der Waals surface area contributed by atoms with Gasteiger partial charge in [-0.3, -0.25) is 0 Å². The maximum absolute atomic E-state index is 5.07. The van der Waals surface area contributed by atoms with E-state index in [4.69, 9.17) is 4.74 Å². The lowest BCUT2D eigenvalue weighted by atomic mass is 10.1. The first-order valence-electron chi connectivity index (χ1n) is 6.16. The molecule has 0 aromatic carbocycles. The molecule has 0 heterocycles. The van der Waals surface area contributed by atoms with E-state index < -0.39 is 0 Å². The van der Waals surface area contributed by atoms with E-state index in [1.54, 1.807) is 7.11 Å². The molecular weight excluding hydrogens is 188 g/mol. The number of hydrogen-bond donors (Lipinski definition) is 1. The standard InChI is InChI=1S/C12H28N2O/c1-5-8-12(11-13-6-2)14(3)9-7-10-15-4/h12-13H,5-11H2,1-4H3. The summed E-state index contributed by atoms with van der Waals surface area (Å²) in [5, 5.41) is 3.43. The van der Waals surface area contributed by atoms with Crippen LogP contribution in [0.4, 0.5) is 0 Å². The zero-order valence-electron chi connectivity index (χ0n) is 10.9. The topological polar surface area (TPSA) is 24.5 Å². The van der Waals surface area contributed by atoms with Crippen LogP contribution in [0.3, 0.4) is 0 Å². The maximum Gasteiger partial charge on any atom is 0.0474 e. The molecule has 0 spiro atoms. The molecule has 1 unspecified atom stereocenters. The van der Waals surface area contributed by atoms with Gasteiger partial charge in [-0.25, -0.2) is 0 Å². The van der Waals surface area contributed by atoms with E-state index in [-0.39, 0.29) is 0 Å². The van der Waals surface area contributed by atoms with Crippen molar-refractivity contribution in [2.45, 2.75) is 39.2 Å². The normalized spacial score (nSPS) is 13.4. The molecule has 0 rings (SSSR count). The molecule has 0 bridgehead atoms. The van der Waals surface area contributed by atoms with Gasteiger partial charge in [0.2, 0.25) is 0 Å². The third-order valence-electron chi connectivity index (χ3n) is 2.73. The van der Waals surface area contributed by atoms with Crippen molar-refractivity contribution in [3.05, 3.63) is 0 Å². The van der Waals surface area contributed by atoms with Crippen LogP contribution >= 0.6 is 0 Å². The second-order valence-electron chi connectivity index (χ2n) is 4.08. The average molecular weight is 216 g/mol. The van der Waals surface area contributed by atoms with Crippen molar-refractivity contribution in [1.82, 2.24) is 10.2 Å². The molecule has 0 saturated carbocycles. The van der Waals surface area contributed by atoms with Gasteiger partial charge >= 0.3 is 0 Å². The van der Waals surface area contributed by atoms with Crippen LogP contribution in [0, 0.1) is 0 Å². The van der Waals surface area contributed by atoms with Crippen LogP contribution in [0.5, 0.6) is 0 Å². The molecule has 0 saturated heterocycles. The monoisotopic (exact) mass is 216 g/mol. The molecule has 0 radical (unpaired) electrons. The van der Waals surface area contributed by atoms with Crippen molar-refractivity contribution >= 4 is 0 Å². The summed E-state index contributed by atoms with van der Waals surface area (Å²) in [4.78, 5) is 2.45. The molecule has 0 fully saturated rings. The first kappa shape index (κ1) is 14.9. The quantitative estimate of drug-likeness (QED) is 0.563. The summed E-state index contributed by atoms with van der Waals surface area (Å²) < 4.78 is 5.07. The molecule has 0 aliphatic rings. The van der Waals surface area contributed by atoms with Gasteiger partial charge in [-0.15, -0.1) is 0 Å². The Bertz CT molecular complexity index is 131. The van der Waals surface area contributed by atoms with Crippen molar-refractivity contribution in [2.75, 3.05) is 40.4 Å². The molecule has 0 amide bonds. The Morgan fingerprint density at radius 2 is 2.07 bits per heavy atom. The Balaban J connectivity index is 3.75. The molecule has 1 N–H and O–H groups in total. The minimum Gasteiger partial charge on any atom is -0.385 e. The Kier molecular flexibility index (Phi) is 10.3. The van der Waals surface area contributed by atoms with Gasteiger partial charge in [0, 0.05) is 32.8 Å². The van der Waals surface area contributed by atoms with Crippen LogP contribution in [0.25, 0.3) is 0 Å². The van der Waals surface area contributed by atoms with E-state index in [9.17, 15) is 0 Å². The summed E-state index contributed by atoms with van der Waals surface area (Å²) in [6, 6.07) is 0.673. The fourth-order valence-electron chi connectivity index (χ4n) is 1.76. The lowest BCUT2D eigenvalue weighted by Crippen LogP contribution is -2.40. The number of hydrogen-bond acceptors (Lipinski definition) is 3. The average Bonchev–Trinajstić information content (AvgIpc) is 2.24. The van der Waals surface area contributed by atoms with Crippen LogP contribution < -0.4 is 5.32 Å². The van der Waals surface area contributed by atoms with E-state index >= 15 is 0 Å². The fraction of sp³-hybridized carbons (Fsp3) is 1.00. The number of nitrogens with one attached hydrogen (secondary N) is 1. The minimum absolute atomic E-state index is 0.673. The van der Waals surface area contributed by atoms with Gasteiger partial charge in [0.05, 0.1) is 0 Å². The van der Waals surface area contributed by atoms with E-state index in [1.165, 1.54) is 12.8 Å². The fourth-order valence-corrected chi connectivity index (χ4v) is 1.76. The molecular formula is C12H28N2O. The van der Waals surface area contributed by atoms with Gasteiger partial charge in [0.25, 0.3) is 0 Å². The molecule has 3 nitrogen and oxygen atoms in total. The highest BCUT2D eigenvalue weighted by Crippen LogP contribution is 2.04. The second kappa shape index (κ2) is 10.4. The summed E-state index contributed by atoms with van der Waals surface area (Å²) in [6.07, 6.45) is 3.65. The Labute approximate surface area is 95.2 Å². The molecule has 0 aromatic heterocycles. The number of ether oxygens (including phenoxy) is 1. The van der Waals surface area contributed by atoms with Crippen LogP contribution in [0.15, 0.2) is 0 Å². The summed E-state index contributed by atoms with van der Waals surface area (Å²) in [5.41, 5.74) is 0. The lowest BCUT2D eigenvalue weighted by Gasteiger charge is -2.28. The third kappa shape index (κ3) is 7.77. The van der Waals surface area contributed by atoms with Crippen LogP contribution in [0.1, 0.15) is 33.1 Å². The largest absolute Gasteiger partial charge is 0.385 e. The summed E-state index contributed by atoms with van der Waals surface area (Å²) >= 11 is 0. The SMILES string of the molecule is CCCC(CNCC)N(C)CCCOC. The van der Waals surface area contributed by atoms with Gasteiger partial charge in [-0.05, 0) is 26.4 Å². The Morgan fingerprint density at radius 1 is 1.33 bits per heavy atom. The van der Waals surface area contributed by atoms with E-state index in [0.29, 0.717) is 6.04 Å². The van der Waals surface area contributed by atoms with E-state index in [1.807, 2.05) is 0 Å². The number of likely N-dealkylation sites (N-methyl/N-ethyl adjacent to an activating group) is 2. The van der Waals surface area contributed by atoms with Gasteiger partial charge < -0.3 is 15.0 Å². The molecule has 0 aromatic rings. The summed E-state index contributed by atoms with van der Waals surface area (Å²) in [5.74, 6) is 0. The van der Waals surface area contributed by atoms with Crippen molar-refractivity contribution in [1.29, 1.82) is 0 Å². The zero-order chi connectivity index (χ0) is 11.5. The molecule has 92 valence electrons. The number of rotatable bonds is 10. The first-order chi connectivity index (χ1) is 7.26. The smallest absolute Gasteiger partial charge is 0.0474 e. The first-order valence-corrected chi connectivity index (χ1v) is 6.16. The number of methoxy groups -OCH3 is 1. The van der Waals surface area contributed by atoms with Crippen molar-refractivity contribution in [2.24, 2.45) is 0 Å². The van der Waals surface area contributed by atoms with Crippen LogP contribution in [0.2, 0.25) is 0 Å². The van der Waals surface area contributed by atoms with Gasteiger partial charge in [-0.2, -0.15) is 0 Å². The summed E-state index contributed by atoms with van der Waals surface area (Å²) in [7, 11) is 3.98. The molecule has 0 aliphatic carbocycles. The van der Waals surface area contributed by atoms with Gasteiger partial charge in [0.15, 0.2) is 0 Å². The van der Waals surface area contributed by atoms with Crippen molar-refractivity contribution in [3.8, 4) is 0 Å². The molecule has 15 heavy (non-hydrogen) atoms. The Morgan fingerprint density at radius 3 is 2.60 bits per heavy atom. The molecule has 0 aliphatic heterocycles. The minimum atomic E-state index is 0.673.